The Morgan fingerprint density at radius 1 is 1.10 bits per heavy atom. The maximum Gasteiger partial charge on any atom is 0.261 e. The number of carbonyl (C=O) groups excluding carboxylic acids is 3. The monoisotopic (exact) mass is 405 g/mol. The summed E-state index contributed by atoms with van der Waals surface area (Å²) in [4.78, 5) is 43.7. The first kappa shape index (κ1) is 19.0. The fourth-order valence-electron chi connectivity index (χ4n) is 3.27. The van der Waals surface area contributed by atoms with Crippen molar-refractivity contribution >= 4 is 29.1 Å². The summed E-state index contributed by atoms with van der Waals surface area (Å²) < 4.78 is 0. The molecule has 0 saturated heterocycles. The van der Waals surface area contributed by atoms with Gasteiger partial charge in [-0.25, -0.2) is 4.98 Å². The van der Waals surface area contributed by atoms with Crippen LogP contribution in [0.25, 0.3) is 0 Å². The number of hydrogen-bond donors (Lipinski definition) is 1. The molecule has 3 aromatic rings. The van der Waals surface area contributed by atoms with Gasteiger partial charge >= 0.3 is 0 Å². The number of hydrogen-bond acceptors (Lipinski definition) is 5. The fraction of sp³-hybridized carbons (Fsp3) is 0.182. The van der Waals surface area contributed by atoms with E-state index in [1.54, 1.807) is 12.1 Å². The molecule has 2 aromatic carbocycles. The van der Waals surface area contributed by atoms with Gasteiger partial charge in [-0.2, -0.15) is 0 Å². The molecule has 3 amide bonds. The van der Waals surface area contributed by atoms with Crippen molar-refractivity contribution < 1.29 is 14.4 Å². The van der Waals surface area contributed by atoms with E-state index in [0.29, 0.717) is 11.1 Å². The van der Waals surface area contributed by atoms with E-state index < -0.39 is 0 Å². The van der Waals surface area contributed by atoms with Gasteiger partial charge in [0.1, 0.15) is 0 Å². The second-order valence-electron chi connectivity index (χ2n) is 6.93. The number of amides is 3. The Bertz CT molecular complexity index is 1110. The minimum absolute atomic E-state index is 0.203. The summed E-state index contributed by atoms with van der Waals surface area (Å²) in [5.41, 5.74) is 2.58. The van der Waals surface area contributed by atoms with Crippen molar-refractivity contribution in [2.75, 3.05) is 0 Å². The molecule has 1 aliphatic heterocycles. The molecule has 0 saturated carbocycles. The lowest BCUT2D eigenvalue weighted by Gasteiger charge is -2.13. The Hall–Kier alpha value is -3.32. The highest BCUT2D eigenvalue weighted by Crippen LogP contribution is 2.26. The van der Waals surface area contributed by atoms with Crippen LogP contribution in [0.2, 0.25) is 0 Å². The van der Waals surface area contributed by atoms with Crippen LogP contribution in [-0.4, -0.2) is 27.6 Å². The van der Waals surface area contributed by atoms with Crippen molar-refractivity contribution in [3.05, 3.63) is 86.9 Å². The van der Waals surface area contributed by atoms with Crippen molar-refractivity contribution in [1.29, 1.82) is 0 Å². The Labute approximate surface area is 172 Å². The van der Waals surface area contributed by atoms with Crippen molar-refractivity contribution in [3.63, 3.8) is 0 Å². The van der Waals surface area contributed by atoms with Crippen LogP contribution in [0.4, 0.5) is 0 Å². The van der Waals surface area contributed by atoms with Gasteiger partial charge in [0.15, 0.2) is 0 Å². The van der Waals surface area contributed by atoms with Gasteiger partial charge < -0.3 is 5.32 Å². The van der Waals surface area contributed by atoms with E-state index in [4.69, 9.17) is 0 Å². The Balaban J connectivity index is 1.53. The maximum atomic E-state index is 12.8. The Kier molecular flexibility index (Phi) is 4.98. The first-order valence-electron chi connectivity index (χ1n) is 9.21. The van der Waals surface area contributed by atoms with Crippen LogP contribution in [0.5, 0.6) is 0 Å². The molecule has 0 radical (unpaired) electrons. The molecule has 0 bridgehead atoms. The zero-order valence-corrected chi connectivity index (χ0v) is 16.8. The quantitative estimate of drug-likeness (QED) is 0.656. The van der Waals surface area contributed by atoms with Crippen LogP contribution < -0.4 is 5.32 Å². The molecule has 1 N–H and O–H groups in total. The lowest BCUT2D eigenvalue weighted by Crippen LogP contribution is -2.29. The first-order valence-corrected chi connectivity index (χ1v) is 10.1. The fourth-order valence-corrected chi connectivity index (χ4v) is 3.98. The molecule has 4 rings (SSSR count). The average molecular weight is 405 g/mol. The maximum absolute atomic E-state index is 12.8. The highest BCUT2D eigenvalue weighted by molar-refractivity contribution is 7.09. The third-order valence-corrected chi connectivity index (χ3v) is 5.64. The smallest absolute Gasteiger partial charge is 0.261 e. The molecule has 1 atom stereocenters. The number of benzene rings is 2. The summed E-state index contributed by atoms with van der Waals surface area (Å²) in [6.45, 7) is 3.97. The van der Waals surface area contributed by atoms with Crippen LogP contribution in [0, 0.1) is 6.92 Å². The predicted molar refractivity (Wildman–Crippen MR) is 110 cm³/mol. The Morgan fingerprint density at radius 2 is 1.83 bits per heavy atom. The molecule has 2 heterocycles. The number of aromatic nitrogens is 1. The predicted octanol–water partition coefficient (Wildman–Crippen LogP) is 3.74. The topological polar surface area (TPSA) is 79.4 Å². The first-order chi connectivity index (χ1) is 13.9. The normalized spacial score (nSPS) is 14.1. The van der Waals surface area contributed by atoms with Gasteiger partial charge in [-0.1, -0.05) is 30.3 Å². The summed E-state index contributed by atoms with van der Waals surface area (Å²) in [7, 11) is 0. The average Bonchev–Trinajstić information content (AvgIpc) is 3.26. The van der Waals surface area contributed by atoms with E-state index in [-0.39, 0.29) is 35.9 Å². The third kappa shape index (κ3) is 3.69. The number of nitrogens with zero attached hydrogens (tertiary/aromatic N) is 2. The summed E-state index contributed by atoms with van der Waals surface area (Å²) in [6, 6.07) is 13.7. The van der Waals surface area contributed by atoms with Crippen LogP contribution in [0.15, 0.2) is 53.9 Å². The van der Waals surface area contributed by atoms with Gasteiger partial charge in [-0.05, 0) is 37.6 Å². The number of rotatable bonds is 5. The van der Waals surface area contributed by atoms with Crippen LogP contribution >= 0.6 is 11.3 Å². The summed E-state index contributed by atoms with van der Waals surface area (Å²) in [5, 5.41) is 5.73. The second kappa shape index (κ2) is 7.60. The van der Waals surface area contributed by atoms with E-state index >= 15 is 0 Å². The van der Waals surface area contributed by atoms with Crippen molar-refractivity contribution in [3.8, 4) is 0 Å². The highest BCUT2D eigenvalue weighted by atomic mass is 32.1. The van der Waals surface area contributed by atoms with Crippen LogP contribution in [0.3, 0.4) is 0 Å². The standard InChI is InChI=1S/C22H19N3O3S/c1-13(19-12-29-14(2)24-19)23-20(26)16-8-9-17-18(10-16)22(28)25(21(17)27)11-15-6-4-3-5-7-15/h3-10,12-13H,11H2,1-2H3,(H,23,26). The van der Waals surface area contributed by atoms with Crippen molar-refractivity contribution in [2.24, 2.45) is 0 Å². The number of fused-ring (bicyclic) bond motifs is 1. The lowest BCUT2D eigenvalue weighted by molar-refractivity contribution is 0.0642. The van der Waals surface area contributed by atoms with Crippen LogP contribution in [0.1, 0.15) is 60.3 Å². The third-order valence-electron chi connectivity index (χ3n) is 4.84. The molecule has 7 heteroatoms. The summed E-state index contributed by atoms with van der Waals surface area (Å²) in [5.74, 6) is -1.04. The van der Waals surface area contributed by atoms with E-state index in [2.05, 4.69) is 10.3 Å². The molecule has 0 fully saturated rings. The molecule has 1 aliphatic rings. The minimum atomic E-state index is -0.383. The van der Waals surface area contributed by atoms with Crippen LogP contribution in [-0.2, 0) is 6.54 Å². The van der Waals surface area contributed by atoms with Gasteiger partial charge in [0, 0.05) is 10.9 Å². The molecule has 0 spiro atoms. The lowest BCUT2D eigenvalue weighted by atomic mass is 10.0. The zero-order valence-electron chi connectivity index (χ0n) is 16.0. The van der Waals surface area contributed by atoms with E-state index in [9.17, 15) is 14.4 Å². The molecule has 146 valence electrons. The number of thiazole rings is 1. The van der Waals surface area contributed by atoms with E-state index in [1.165, 1.54) is 22.3 Å². The van der Waals surface area contributed by atoms with Crippen molar-refractivity contribution in [2.45, 2.75) is 26.4 Å². The molecule has 29 heavy (non-hydrogen) atoms. The number of carbonyl (C=O) groups is 3. The summed E-state index contributed by atoms with van der Waals surface area (Å²) >= 11 is 1.52. The minimum Gasteiger partial charge on any atom is -0.344 e. The SMILES string of the molecule is Cc1nc(C(C)NC(=O)c2ccc3c(c2)C(=O)N(Cc2ccccc2)C3=O)cs1. The van der Waals surface area contributed by atoms with E-state index in [1.807, 2.05) is 49.6 Å². The van der Waals surface area contributed by atoms with Crippen molar-refractivity contribution in [1.82, 2.24) is 15.2 Å². The highest BCUT2D eigenvalue weighted by Gasteiger charge is 2.36. The molecular formula is C22H19N3O3S. The largest absolute Gasteiger partial charge is 0.344 e. The van der Waals surface area contributed by atoms with Gasteiger partial charge in [-0.15, -0.1) is 11.3 Å². The molecule has 0 aliphatic carbocycles. The Morgan fingerprint density at radius 3 is 2.52 bits per heavy atom. The molecule has 6 nitrogen and oxygen atoms in total. The van der Waals surface area contributed by atoms with E-state index in [0.717, 1.165) is 16.3 Å². The van der Waals surface area contributed by atoms with Gasteiger partial charge in [0.05, 0.1) is 34.4 Å². The summed E-state index contributed by atoms with van der Waals surface area (Å²) in [6.07, 6.45) is 0. The molecular weight excluding hydrogens is 386 g/mol. The molecule has 1 unspecified atom stereocenters. The second-order valence-corrected chi connectivity index (χ2v) is 7.99. The van der Waals surface area contributed by atoms with Gasteiger partial charge in [0.2, 0.25) is 0 Å². The number of imide groups is 1. The number of nitrogens with one attached hydrogen (secondary N) is 1. The number of aryl methyl sites for hydroxylation is 1. The molecule has 1 aromatic heterocycles. The zero-order chi connectivity index (χ0) is 20.5. The van der Waals surface area contributed by atoms with Gasteiger partial charge in [0.25, 0.3) is 17.7 Å². The van der Waals surface area contributed by atoms with Gasteiger partial charge in [-0.3, -0.25) is 19.3 Å².